The van der Waals surface area contributed by atoms with E-state index < -0.39 is 0 Å². The highest BCUT2D eigenvalue weighted by Gasteiger charge is 2.25. The highest BCUT2D eigenvalue weighted by atomic mass is 16.2. The summed E-state index contributed by atoms with van der Waals surface area (Å²) in [6.07, 6.45) is 8.86. The molecule has 4 nitrogen and oxygen atoms in total. The lowest BCUT2D eigenvalue weighted by molar-refractivity contribution is 0.0725. The summed E-state index contributed by atoms with van der Waals surface area (Å²) in [7, 11) is 0. The SMILES string of the molecule is CC1CCC(Nc2ncccc2C(=O)N2CCCCC2)C1. The number of amides is 1. The molecular weight excluding hydrogens is 262 g/mol. The van der Waals surface area contributed by atoms with Crippen LogP contribution in [0.25, 0.3) is 0 Å². The Morgan fingerprint density at radius 3 is 2.81 bits per heavy atom. The first-order valence-electron chi connectivity index (χ1n) is 8.25. The van der Waals surface area contributed by atoms with E-state index in [9.17, 15) is 4.79 Å². The van der Waals surface area contributed by atoms with E-state index >= 15 is 0 Å². The molecule has 0 radical (unpaired) electrons. The van der Waals surface area contributed by atoms with Crippen LogP contribution in [0.4, 0.5) is 5.82 Å². The number of rotatable bonds is 3. The van der Waals surface area contributed by atoms with Crippen molar-refractivity contribution in [2.45, 2.75) is 51.5 Å². The molecule has 0 aromatic carbocycles. The van der Waals surface area contributed by atoms with Crippen molar-refractivity contribution in [3.8, 4) is 0 Å². The fourth-order valence-corrected chi connectivity index (χ4v) is 3.49. The average molecular weight is 287 g/mol. The maximum atomic E-state index is 12.7. The predicted octanol–water partition coefficient (Wildman–Crippen LogP) is 3.31. The zero-order valence-electron chi connectivity index (χ0n) is 12.8. The number of carbonyl (C=O) groups is 1. The van der Waals surface area contributed by atoms with E-state index in [1.54, 1.807) is 6.20 Å². The van der Waals surface area contributed by atoms with Crippen LogP contribution in [0.2, 0.25) is 0 Å². The van der Waals surface area contributed by atoms with E-state index in [2.05, 4.69) is 17.2 Å². The van der Waals surface area contributed by atoms with E-state index in [1.807, 2.05) is 17.0 Å². The summed E-state index contributed by atoms with van der Waals surface area (Å²) in [6.45, 7) is 4.06. The van der Waals surface area contributed by atoms with Crippen molar-refractivity contribution in [2.24, 2.45) is 5.92 Å². The van der Waals surface area contributed by atoms with Crippen LogP contribution in [0.1, 0.15) is 55.8 Å². The van der Waals surface area contributed by atoms with Gasteiger partial charge in [-0.15, -0.1) is 0 Å². The first kappa shape index (κ1) is 14.4. The van der Waals surface area contributed by atoms with Crippen molar-refractivity contribution in [1.29, 1.82) is 0 Å². The molecule has 1 aromatic heterocycles. The summed E-state index contributed by atoms with van der Waals surface area (Å²) in [5, 5.41) is 3.50. The van der Waals surface area contributed by atoms with Crippen LogP contribution in [0.5, 0.6) is 0 Å². The smallest absolute Gasteiger partial charge is 0.257 e. The number of likely N-dealkylation sites (tertiary alicyclic amines) is 1. The Labute approximate surface area is 126 Å². The molecule has 1 aliphatic carbocycles. The van der Waals surface area contributed by atoms with Gasteiger partial charge in [0.2, 0.25) is 0 Å². The van der Waals surface area contributed by atoms with Crippen LogP contribution < -0.4 is 5.32 Å². The van der Waals surface area contributed by atoms with Crippen molar-refractivity contribution < 1.29 is 4.79 Å². The maximum Gasteiger partial charge on any atom is 0.257 e. The number of carbonyl (C=O) groups excluding carboxylic acids is 1. The first-order valence-corrected chi connectivity index (χ1v) is 8.25. The molecule has 2 aliphatic rings. The molecule has 0 bridgehead atoms. The van der Waals surface area contributed by atoms with Crippen molar-refractivity contribution >= 4 is 11.7 Å². The second-order valence-corrected chi connectivity index (χ2v) is 6.51. The third-order valence-electron chi connectivity index (χ3n) is 4.72. The molecule has 114 valence electrons. The molecule has 0 spiro atoms. The van der Waals surface area contributed by atoms with Gasteiger partial charge in [0.05, 0.1) is 5.56 Å². The monoisotopic (exact) mass is 287 g/mol. The van der Waals surface area contributed by atoms with E-state index in [1.165, 1.54) is 25.7 Å². The molecule has 1 saturated carbocycles. The highest BCUT2D eigenvalue weighted by Crippen LogP contribution is 2.28. The number of nitrogens with one attached hydrogen (secondary N) is 1. The van der Waals surface area contributed by atoms with Crippen molar-refractivity contribution in [2.75, 3.05) is 18.4 Å². The number of hydrogen-bond acceptors (Lipinski definition) is 3. The summed E-state index contributed by atoms with van der Waals surface area (Å²) in [5.74, 6) is 1.68. The fourth-order valence-electron chi connectivity index (χ4n) is 3.49. The molecule has 21 heavy (non-hydrogen) atoms. The van der Waals surface area contributed by atoms with Crippen LogP contribution in [0.3, 0.4) is 0 Å². The van der Waals surface area contributed by atoms with Gasteiger partial charge in [-0.3, -0.25) is 4.79 Å². The second-order valence-electron chi connectivity index (χ2n) is 6.51. The van der Waals surface area contributed by atoms with E-state index in [0.717, 1.165) is 43.2 Å². The van der Waals surface area contributed by atoms with E-state index in [4.69, 9.17) is 0 Å². The molecule has 3 rings (SSSR count). The predicted molar refractivity (Wildman–Crippen MR) is 84.4 cm³/mol. The minimum Gasteiger partial charge on any atom is -0.367 e. The van der Waals surface area contributed by atoms with Gasteiger partial charge < -0.3 is 10.2 Å². The van der Waals surface area contributed by atoms with Crippen LogP contribution in [-0.4, -0.2) is 34.9 Å². The third kappa shape index (κ3) is 3.36. The normalized spacial score (nSPS) is 25.9. The average Bonchev–Trinajstić information content (AvgIpc) is 2.93. The van der Waals surface area contributed by atoms with Crippen LogP contribution in [0.15, 0.2) is 18.3 Å². The van der Waals surface area contributed by atoms with Gasteiger partial charge in [-0.1, -0.05) is 6.92 Å². The van der Waals surface area contributed by atoms with Crippen LogP contribution >= 0.6 is 0 Å². The Morgan fingerprint density at radius 1 is 1.29 bits per heavy atom. The molecular formula is C17H25N3O. The quantitative estimate of drug-likeness (QED) is 0.927. The standard InChI is InChI=1S/C17H25N3O/c1-13-7-8-14(12-13)19-16-15(6-5-9-18-16)17(21)20-10-3-2-4-11-20/h5-6,9,13-14H,2-4,7-8,10-12H2,1H3,(H,18,19). The zero-order valence-corrected chi connectivity index (χ0v) is 12.8. The summed E-state index contributed by atoms with van der Waals surface area (Å²) in [6, 6.07) is 4.23. The van der Waals surface area contributed by atoms with Crippen LogP contribution in [-0.2, 0) is 0 Å². The Bertz CT molecular complexity index is 497. The largest absolute Gasteiger partial charge is 0.367 e. The second kappa shape index (κ2) is 6.46. The minimum absolute atomic E-state index is 0.136. The van der Waals surface area contributed by atoms with Crippen LogP contribution in [0, 0.1) is 5.92 Å². The number of anilines is 1. The van der Waals surface area contributed by atoms with Gasteiger partial charge in [-0.25, -0.2) is 4.98 Å². The summed E-state index contributed by atoms with van der Waals surface area (Å²) in [5.41, 5.74) is 0.735. The lowest BCUT2D eigenvalue weighted by atomic mass is 10.1. The number of piperidine rings is 1. The lowest BCUT2D eigenvalue weighted by Gasteiger charge is -2.27. The number of pyridine rings is 1. The molecule has 2 heterocycles. The van der Waals surface area contributed by atoms with Crippen molar-refractivity contribution in [3.05, 3.63) is 23.9 Å². The summed E-state index contributed by atoms with van der Waals surface area (Å²) < 4.78 is 0. The third-order valence-corrected chi connectivity index (χ3v) is 4.72. The lowest BCUT2D eigenvalue weighted by Crippen LogP contribution is -2.36. The van der Waals surface area contributed by atoms with Gasteiger partial charge in [-0.05, 0) is 56.6 Å². The molecule has 1 saturated heterocycles. The minimum atomic E-state index is 0.136. The molecule has 4 heteroatoms. The topological polar surface area (TPSA) is 45.2 Å². The number of nitrogens with zero attached hydrogens (tertiary/aromatic N) is 2. The van der Waals surface area contributed by atoms with Gasteiger partial charge in [0.25, 0.3) is 5.91 Å². The molecule has 2 atom stereocenters. The number of aromatic nitrogens is 1. The van der Waals surface area contributed by atoms with Gasteiger partial charge in [-0.2, -0.15) is 0 Å². The van der Waals surface area contributed by atoms with Crippen molar-refractivity contribution in [1.82, 2.24) is 9.88 Å². The van der Waals surface area contributed by atoms with Crippen molar-refractivity contribution in [3.63, 3.8) is 0 Å². The molecule has 2 unspecified atom stereocenters. The Hall–Kier alpha value is -1.58. The molecule has 1 amide bonds. The Morgan fingerprint density at radius 2 is 2.10 bits per heavy atom. The zero-order chi connectivity index (χ0) is 14.7. The number of hydrogen-bond donors (Lipinski definition) is 1. The fraction of sp³-hybridized carbons (Fsp3) is 0.647. The van der Waals surface area contributed by atoms with E-state index in [0.29, 0.717) is 6.04 Å². The van der Waals surface area contributed by atoms with E-state index in [-0.39, 0.29) is 5.91 Å². The highest BCUT2D eigenvalue weighted by molar-refractivity contribution is 5.98. The van der Waals surface area contributed by atoms with Gasteiger partial charge >= 0.3 is 0 Å². The maximum absolute atomic E-state index is 12.7. The van der Waals surface area contributed by atoms with Gasteiger partial charge in [0.1, 0.15) is 5.82 Å². The molecule has 1 aromatic rings. The molecule has 1 aliphatic heterocycles. The van der Waals surface area contributed by atoms with Gasteiger partial charge in [0, 0.05) is 25.3 Å². The molecule has 1 N–H and O–H groups in total. The summed E-state index contributed by atoms with van der Waals surface area (Å²) in [4.78, 5) is 19.1. The Kier molecular flexibility index (Phi) is 4.42. The summed E-state index contributed by atoms with van der Waals surface area (Å²) >= 11 is 0. The molecule has 2 fully saturated rings. The van der Waals surface area contributed by atoms with Gasteiger partial charge in [0.15, 0.2) is 0 Å². The Balaban J connectivity index is 1.73. The first-order chi connectivity index (χ1) is 10.2.